The zero-order valence-electron chi connectivity index (χ0n) is 10.6. The van der Waals surface area contributed by atoms with Crippen LogP contribution in [0.3, 0.4) is 0 Å². The highest BCUT2D eigenvalue weighted by atomic mass is 79.9. The van der Waals surface area contributed by atoms with Crippen LogP contribution in [0.4, 0.5) is 24.5 Å². The average molecular weight is 375 g/mol. The van der Waals surface area contributed by atoms with Crippen molar-refractivity contribution in [2.24, 2.45) is 0 Å². The van der Waals surface area contributed by atoms with Gasteiger partial charge in [0, 0.05) is 16.2 Å². The van der Waals surface area contributed by atoms with Crippen molar-refractivity contribution >= 4 is 33.2 Å². The molecular weight excluding hydrogens is 369 g/mol. The van der Waals surface area contributed by atoms with E-state index in [1.54, 1.807) is 12.1 Å². The number of hydrogen-bond donors (Lipinski definition) is 1. The molecule has 0 saturated heterocycles. The summed E-state index contributed by atoms with van der Waals surface area (Å²) in [7, 11) is 0. The number of rotatable bonds is 3. The molecule has 2 rings (SSSR count). The van der Waals surface area contributed by atoms with Crippen LogP contribution in [-0.2, 0) is 0 Å². The second-order valence-corrected chi connectivity index (χ2v) is 5.02. The highest BCUT2D eigenvalue weighted by molar-refractivity contribution is 9.10. The molecule has 0 radical (unpaired) electrons. The van der Waals surface area contributed by atoms with Crippen LogP contribution < -0.4 is 5.32 Å². The first kappa shape index (κ1) is 16.0. The third-order valence-corrected chi connectivity index (χ3v) is 3.14. The first-order valence-electron chi connectivity index (χ1n) is 5.70. The molecule has 1 amide bonds. The zero-order chi connectivity index (χ0) is 16.4. The lowest BCUT2D eigenvalue weighted by Crippen LogP contribution is -2.16. The van der Waals surface area contributed by atoms with E-state index in [0.717, 1.165) is 0 Å². The largest absolute Gasteiger partial charge is 0.322 e. The van der Waals surface area contributed by atoms with E-state index in [4.69, 9.17) is 0 Å². The lowest BCUT2D eigenvalue weighted by atomic mass is 10.1. The standard InChI is InChI=1S/C13H6BrF3N2O3/c14-6-2-1-3-7(4-6)18-13(20)8-5-9(19(21)22)11(16)12(17)10(8)15/h1-5H,(H,18,20). The number of carbonyl (C=O) groups is 1. The fraction of sp³-hybridized carbons (Fsp3) is 0. The van der Waals surface area contributed by atoms with Gasteiger partial charge in [-0.2, -0.15) is 4.39 Å². The van der Waals surface area contributed by atoms with Gasteiger partial charge < -0.3 is 5.32 Å². The number of nitrogens with one attached hydrogen (secondary N) is 1. The Balaban J connectivity index is 2.43. The summed E-state index contributed by atoms with van der Waals surface area (Å²) in [5, 5.41) is 12.8. The number of nitro benzene ring substituents is 1. The third kappa shape index (κ3) is 3.08. The van der Waals surface area contributed by atoms with Crippen LogP contribution in [-0.4, -0.2) is 10.8 Å². The van der Waals surface area contributed by atoms with E-state index in [-0.39, 0.29) is 5.69 Å². The van der Waals surface area contributed by atoms with Gasteiger partial charge in [-0.15, -0.1) is 0 Å². The van der Waals surface area contributed by atoms with Crippen LogP contribution in [0.5, 0.6) is 0 Å². The van der Waals surface area contributed by atoms with Crippen molar-refractivity contribution in [1.82, 2.24) is 0 Å². The number of benzene rings is 2. The van der Waals surface area contributed by atoms with Gasteiger partial charge in [-0.25, -0.2) is 8.78 Å². The van der Waals surface area contributed by atoms with Gasteiger partial charge in [-0.05, 0) is 18.2 Å². The van der Waals surface area contributed by atoms with E-state index >= 15 is 0 Å². The summed E-state index contributed by atoms with van der Waals surface area (Å²) in [6.45, 7) is 0. The van der Waals surface area contributed by atoms with E-state index in [1.165, 1.54) is 12.1 Å². The molecule has 2 aromatic carbocycles. The van der Waals surface area contributed by atoms with Crippen LogP contribution in [0.1, 0.15) is 10.4 Å². The molecule has 0 fully saturated rings. The Morgan fingerprint density at radius 2 is 1.82 bits per heavy atom. The van der Waals surface area contributed by atoms with Gasteiger partial charge in [0.1, 0.15) is 0 Å². The lowest BCUT2D eigenvalue weighted by Gasteiger charge is -2.07. The minimum Gasteiger partial charge on any atom is -0.322 e. The Bertz CT molecular complexity index is 783. The van der Waals surface area contributed by atoms with Gasteiger partial charge in [0.25, 0.3) is 5.91 Å². The molecule has 0 bridgehead atoms. The molecule has 1 N–H and O–H groups in total. The van der Waals surface area contributed by atoms with Gasteiger partial charge in [0.2, 0.25) is 11.6 Å². The summed E-state index contributed by atoms with van der Waals surface area (Å²) in [6.07, 6.45) is 0. The molecule has 0 aliphatic rings. The summed E-state index contributed by atoms with van der Waals surface area (Å²) >= 11 is 3.15. The van der Waals surface area contributed by atoms with Crippen molar-refractivity contribution in [2.45, 2.75) is 0 Å². The Hall–Kier alpha value is -2.42. The summed E-state index contributed by atoms with van der Waals surface area (Å²) < 4.78 is 40.8. The van der Waals surface area contributed by atoms with Crippen molar-refractivity contribution in [3.63, 3.8) is 0 Å². The van der Waals surface area contributed by atoms with E-state index in [9.17, 15) is 28.1 Å². The SMILES string of the molecule is O=C(Nc1cccc(Br)c1)c1cc([N+](=O)[O-])c(F)c(F)c1F. The van der Waals surface area contributed by atoms with E-state index in [2.05, 4.69) is 21.2 Å². The smallest absolute Gasteiger partial charge is 0.308 e. The molecule has 22 heavy (non-hydrogen) atoms. The molecule has 0 heterocycles. The molecule has 0 spiro atoms. The zero-order valence-corrected chi connectivity index (χ0v) is 12.2. The van der Waals surface area contributed by atoms with E-state index in [1.807, 2.05) is 0 Å². The van der Waals surface area contributed by atoms with E-state index in [0.29, 0.717) is 10.5 Å². The Morgan fingerprint density at radius 1 is 1.14 bits per heavy atom. The quantitative estimate of drug-likeness (QED) is 0.500. The number of amides is 1. The van der Waals surface area contributed by atoms with Crippen molar-refractivity contribution < 1.29 is 22.9 Å². The van der Waals surface area contributed by atoms with Gasteiger partial charge >= 0.3 is 5.69 Å². The first-order chi connectivity index (χ1) is 10.3. The maximum atomic E-state index is 13.6. The number of nitrogens with zero attached hydrogens (tertiary/aromatic N) is 1. The molecule has 0 saturated carbocycles. The maximum Gasteiger partial charge on any atom is 0.308 e. The van der Waals surface area contributed by atoms with Crippen LogP contribution in [0.25, 0.3) is 0 Å². The van der Waals surface area contributed by atoms with Gasteiger partial charge in [0.15, 0.2) is 5.82 Å². The first-order valence-corrected chi connectivity index (χ1v) is 6.49. The maximum absolute atomic E-state index is 13.6. The van der Waals surface area contributed by atoms with Crippen molar-refractivity contribution in [3.05, 3.63) is 67.9 Å². The number of halogens is 4. The Labute approximate surface area is 130 Å². The Kier molecular flexibility index (Phi) is 4.45. The average Bonchev–Trinajstić information content (AvgIpc) is 2.44. The second-order valence-electron chi connectivity index (χ2n) is 4.11. The van der Waals surface area contributed by atoms with E-state index < -0.39 is 39.5 Å². The molecule has 114 valence electrons. The highest BCUT2D eigenvalue weighted by Gasteiger charge is 2.28. The predicted molar refractivity (Wildman–Crippen MR) is 75.1 cm³/mol. The fourth-order valence-corrected chi connectivity index (χ4v) is 2.05. The number of nitro groups is 1. The molecule has 0 aromatic heterocycles. The molecular formula is C13H6BrF3N2O3. The van der Waals surface area contributed by atoms with Crippen LogP contribution in [0.15, 0.2) is 34.8 Å². The normalized spacial score (nSPS) is 10.4. The summed E-state index contributed by atoms with van der Waals surface area (Å²) in [6, 6.07) is 6.53. The molecule has 0 unspecified atom stereocenters. The lowest BCUT2D eigenvalue weighted by molar-refractivity contribution is -0.387. The third-order valence-electron chi connectivity index (χ3n) is 2.65. The van der Waals surface area contributed by atoms with Crippen LogP contribution >= 0.6 is 15.9 Å². The number of hydrogen-bond acceptors (Lipinski definition) is 3. The molecule has 9 heteroatoms. The number of anilines is 1. The monoisotopic (exact) mass is 374 g/mol. The summed E-state index contributed by atoms with van der Waals surface area (Å²) in [5.74, 6) is -6.97. The topological polar surface area (TPSA) is 72.2 Å². The van der Waals surface area contributed by atoms with Crippen molar-refractivity contribution in [1.29, 1.82) is 0 Å². The highest BCUT2D eigenvalue weighted by Crippen LogP contribution is 2.26. The van der Waals surface area contributed by atoms with Crippen molar-refractivity contribution in [2.75, 3.05) is 5.32 Å². The molecule has 0 atom stereocenters. The van der Waals surface area contributed by atoms with Crippen LogP contribution in [0.2, 0.25) is 0 Å². The minimum atomic E-state index is -2.08. The Morgan fingerprint density at radius 3 is 2.41 bits per heavy atom. The second kappa shape index (κ2) is 6.14. The van der Waals surface area contributed by atoms with Gasteiger partial charge in [-0.1, -0.05) is 22.0 Å². The minimum absolute atomic E-state index is 0.242. The molecule has 0 aliphatic heterocycles. The number of carbonyl (C=O) groups excluding carboxylic acids is 1. The summed E-state index contributed by atoms with van der Waals surface area (Å²) in [5.41, 5.74) is -2.05. The van der Waals surface area contributed by atoms with Gasteiger partial charge in [-0.3, -0.25) is 14.9 Å². The van der Waals surface area contributed by atoms with Gasteiger partial charge in [0.05, 0.1) is 10.5 Å². The van der Waals surface area contributed by atoms with Crippen molar-refractivity contribution in [3.8, 4) is 0 Å². The molecule has 0 aliphatic carbocycles. The summed E-state index contributed by atoms with van der Waals surface area (Å²) in [4.78, 5) is 21.3. The van der Waals surface area contributed by atoms with Crippen LogP contribution in [0, 0.1) is 27.6 Å². The fourth-order valence-electron chi connectivity index (χ4n) is 1.65. The predicted octanol–water partition coefficient (Wildman–Crippen LogP) is 4.03. The molecule has 5 nitrogen and oxygen atoms in total. The molecule has 2 aromatic rings.